The van der Waals surface area contributed by atoms with E-state index in [-0.39, 0.29) is 5.97 Å². The van der Waals surface area contributed by atoms with Gasteiger partial charge in [0.2, 0.25) is 0 Å². The Morgan fingerprint density at radius 2 is 1.12 bits per heavy atom. The van der Waals surface area contributed by atoms with Gasteiger partial charge in [0, 0.05) is 13.0 Å². The summed E-state index contributed by atoms with van der Waals surface area (Å²) >= 11 is 0. The Kier molecular flexibility index (Phi) is 20.0. The van der Waals surface area contributed by atoms with Crippen LogP contribution in [-0.2, 0) is 9.53 Å². The van der Waals surface area contributed by atoms with Crippen molar-refractivity contribution < 1.29 is 14.6 Å². The zero-order valence-corrected chi connectivity index (χ0v) is 16.2. The normalized spacial score (nSPS) is 10.9. The summed E-state index contributed by atoms with van der Waals surface area (Å²) in [7, 11) is 0. The summed E-state index contributed by atoms with van der Waals surface area (Å²) in [4.78, 5) is 11.6. The van der Waals surface area contributed by atoms with Crippen molar-refractivity contribution in [3.63, 3.8) is 0 Å². The number of aliphatic hydroxyl groups excluding tert-OH is 1. The molecule has 0 aliphatic rings. The Hall–Kier alpha value is -0.570. The highest BCUT2D eigenvalue weighted by atomic mass is 16.5. The highest BCUT2D eigenvalue weighted by Gasteiger charge is 2.02. The van der Waals surface area contributed by atoms with E-state index in [0.29, 0.717) is 19.6 Å². The van der Waals surface area contributed by atoms with Crippen molar-refractivity contribution in [2.45, 2.75) is 116 Å². The third-order valence-electron chi connectivity index (χ3n) is 4.55. The maximum absolute atomic E-state index is 11.6. The summed E-state index contributed by atoms with van der Waals surface area (Å²) < 4.78 is 5.29. The van der Waals surface area contributed by atoms with Crippen molar-refractivity contribution in [1.29, 1.82) is 0 Å². The summed E-state index contributed by atoms with van der Waals surface area (Å²) in [5, 5.41) is 8.69. The van der Waals surface area contributed by atoms with Crippen LogP contribution in [0.15, 0.2) is 0 Å². The van der Waals surface area contributed by atoms with Crippen molar-refractivity contribution >= 4 is 5.97 Å². The number of carbonyl (C=O) groups is 1. The van der Waals surface area contributed by atoms with Gasteiger partial charge in [-0.3, -0.25) is 4.79 Å². The molecular formula is C21H42O3. The van der Waals surface area contributed by atoms with Crippen LogP contribution in [-0.4, -0.2) is 24.3 Å². The second-order valence-electron chi connectivity index (χ2n) is 7.00. The molecule has 0 aromatic carbocycles. The van der Waals surface area contributed by atoms with Crippen molar-refractivity contribution in [1.82, 2.24) is 0 Å². The molecule has 0 aliphatic heterocycles. The Balaban J connectivity index is 3.13. The van der Waals surface area contributed by atoms with E-state index in [2.05, 4.69) is 6.92 Å². The predicted octanol–water partition coefficient (Wildman–Crippen LogP) is 6.17. The molecule has 24 heavy (non-hydrogen) atoms. The minimum Gasteiger partial charge on any atom is -0.466 e. The largest absolute Gasteiger partial charge is 0.466 e. The number of unbranched alkanes of at least 4 members (excludes halogenated alkanes) is 14. The molecule has 3 nitrogen and oxygen atoms in total. The van der Waals surface area contributed by atoms with Gasteiger partial charge in [-0.25, -0.2) is 0 Å². The number of hydrogen-bond acceptors (Lipinski definition) is 3. The van der Waals surface area contributed by atoms with Crippen molar-refractivity contribution in [2.75, 3.05) is 13.2 Å². The Morgan fingerprint density at radius 3 is 1.67 bits per heavy atom. The molecule has 0 rings (SSSR count). The number of carbonyl (C=O) groups excluding carboxylic acids is 1. The Bertz CT molecular complexity index is 229. The van der Waals surface area contributed by atoms with Crippen molar-refractivity contribution in [2.24, 2.45) is 0 Å². The van der Waals surface area contributed by atoms with Gasteiger partial charge in [-0.15, -0.1) is 0 Å². The molecule has 0 aliphatic carbocycles. The molecule has 0 saturated carbocycles. The maximum Gasteiger partial charge on any atom is 0.305 e. The quantitative estimate of drug-likeness (QED) is 0.225. The van der Waals surface area contributed by atoms with Gasteiger partial charge in [0.1, 0.15) is 0 Å². The van der Waals surface area contributed by atoms with Crippen LogP contribution >= 0.6 is 0 Å². The lowest BCUT2D eigenvalue weighted by Crippen LogP contribution is -2.05. The number of hydrogen-bond donors (Lipinski definition) is 1. The first-order valence-corrected chi connectivity index (χ1v) is 10.6. The molecule has 1 N–H and O–H groups in total. The first-order valence-electron chi connectivity index (χ1n) is 10.6. The lowest BCUT2D eigenvalue weighted by molar-refractivity contribution is -0.143. The fraction of sp³-hybridized carbons (Fsp3) is 0.952. The maximum atomic E-state index is 11.6. The molecule has 0 aromatic rings. The molecule has 0 spiro atoms. The van der Waals surface area contributed by atoms with Gasteiger partial charge >= 0.3 is 5.97 Å². The number of rotatable bonds is 19. The zero-order chi connectivity index (χ0) is 17.7. The van der Waals surface area contributed by atoms with Crippen LogP contribution in [0.4, 0.5) is 0 Å². The second kappa shape index (κ2) is 20.5. The van der Waals surface area contributed by atoms with Crippen LogP contribution < -0.4 is 0 Å². The Labute approximate surface area is 150 Å². The molecule has 0 amide bonds. The van der Waals surface area contributed by atoms with Crippen LogP contribution in [0.25, 0.3) is 0 Å². The zero-order valence-electron chi connectivity index (χ0n) is 16.2. The summed E-state index contributed by atoms with van der Waals surface area (Å²) in [5.74, 6) is -0.0131. The van der Waals surface area contributed by atoms with Crippen LogP contribution in [0.2, 0.25) is 0 Å². The smallest absolute Gasteiger partial charge is 0.305 e. The fourth-order valence-corrected chi connectivity index (χ4v) is 2.94. The minimum absolute atomic E-state index is 0.0131. The number of ether oxygens (including phenoxy) is 1. The van der Waals surface area contributed by atoms with Crippen LogP contribution in [0, 0.1) is 0 Å². The van der Waals surface area contributed by atoms with E-state index in [9.17, 15) is 4.79 Å². The molecule has 0 heterocycles. The summed E-state index contributed by atoms with van der Waals surface area (Å²) in [6.07, 6.45) is 19.9. The molecule has 0 bridgehead atoms. The first-order chi connectivity index (χ1) is 11.8. The van der Waals surface area contributed by atoms with E-state index in [1.54, 1.807) is 0 Å². The first kappa shape index (κ1) is 23.4. The van der Waals surface area contributed by atoms with Gasteiger partial charge in [0.05, 0.1) is 6.61 Å². The van der Waals surface area contributed by atoms with Crippen molar-refractivity contribution in [3.8, 4) is 0 Å². The lowest BCUT2D eigenvalue weighted by Gasteiger charge is -2.05. The van der Waals surface area contributed by atoms with E-state index in [1.807, 2.05) is 0 Å². The topological polar surface area (TPSA) is 46.5 Å². The molecule has 3 heteroatoms. The van der Waals surface area contributed by atoms with Crippen LogP contribution in [0.5, 0.6) is 0 Å². The second-order valence-corrected chi connectivity index (χ2v) is 7.00. The van der Waals surface area contributed by atoms with Gasteiger partial charge in [0.25, 0.3) is 0 Å². The molecule has 0 fully saturated rings. The molecule has 0 radical (unpaired) electrons. The fourth-order valence-electron chi connectivity index (χ4n) is 2.94. The summed E-state index contributed by atoms with van der Waals surface area (Å²) in [6, 6.07) is 0. The molecule has 0 saturated heterocycles. The van der Waals surface area contributed by atoms with Gasteiger partial charge in [-0.05, 0) is 19.3 Å². The highest BCUT2D eigenvalue weighted by molar-refractivity contribution is 5.69. The summed E-state index contributed by atoms with van der Waals surface area (Å²) in [5.41, 5.74) is 0. The average molecular weight is 343 g/mol. The van der Waals surface area contributed by atoms with E-state index < -0.39 is 0 Å². The van der Waals surface area contributed by atoms with E-state index >= 15 is 0 Å². The molecule has 0 aromatic heterocycles. The van der Waals surface area contributed by atoms with E-state index in [1.165, 1.54) is 64.2 Å². The molecule has 0 unspecified atom stereocenters. The lowest BCUT2D eigenvalue weighted by atomic mass is 10.1. The van der Waals surface area contributed by atoms with Gasteiger partial charge in [-0.2, -0.15) is 0 Å². The number of aliphatic hydroxyl groups is 1. The van der Waals surface area contributed by atoms with E-state index in [4.69, 9.17) is 9.84 Å². The third kappa shape index (κ3) is 19.5. The molecular weight excluding hydrogens is 300 g/mol. The molecule has 144 valence electrons. The van der Waals surface area contributed by atoms with Gasteiger partial charge < -0.3 is 9.84 Å². The monoisotopic (exact) mass is 342 g/mol. The molecule has 0 atom stereocenters. The van der Waals surface area contributed by atoms with E-state index in [0.717, 1.165) is 38.5 Å². The minimum atomic E-state index is -0.0131. The Morgan fingerprint density at radius 1 is 0.667 bits per heavy atom. The van der Waals surface area contributed by atoms with Gasteiger partial charge in [0.15, 0.2) is 0 Å². The number of esters is 1. The van der Waals surface area contributed by atoms with Crippen LogP contribution in [0.3, 0.4) is 0 Å². The third-order valence-corrected chi connectivity index (χ3v) is 4.55. The van der Waals surface area contributed by atoms with Gasteiger partial charge in [-0.1, -0.05) is 90.4 Å². The predicted molar refractivity (Wildman–Crippen MR) is 102 cm³/mol. The van der Waals surface area contributed by atoms with Crippen LogP contribution in [0.1, 0.15) is 116 Å². The average Bonchev–Trinajstić information content (AvgIpc) is 2.59. The summed E-state index contributed by atoms with van der Waals surface area (Å²) in [6.45, 7) is 3.15. The van der Waals surface area contributed by atoms with Crippen molar-refractivity contribution in [3.05, 3.63) is 0 Å². The SMILES string of the molecule is CCCCCCCCCCCC(=O)OCCCCCCCCCO. The highest BCUT2D eigenvalue weighted by Crippen LogP contribution is 2.11. The standard InChI is InChI=1S/C21H42O3/c1-2-3-4-5-6-7-9-12-15-18-21(23)24-20-17-14-11-8-10-13-16-19-22/h22H,2-20H2,1H3.